The van der Waals surface area contributed by atoms with E-state index < -0.39 is 0 Å². The molecule has 0 amide bonds. The summed E-state index contributed by atoms with van der Waals surface area (Å²) in [6.45, 7) is 6.79. The van der Waals surface area contributed by atoms with Crippen LogP contribution in [0.2, 0.25) is 0 Å². The smallest absolute Gasteiger partial charge is 0.0693 e. The molecular formula is C13H27NO. The molecule has 2 heteroatoms. The number of nitrogens with one attached hydrogen (secondary N) is 1. The second-order valence-corrected chi connectivity index (χ2v) is 5.28. The molecule has 1 fully saturated rings. The fourth-order valence-corrected chi connectivity index (χ4v) is 2.51. The van der Waals surface area contributed by atoms with E-state index in [-0.39, 0.29) is 6.10 Å². The molecule has 2 N–H and O–H groups in total. The highest BCUT2D eigenvalue weighted by molar-refractivity contribution is 4.82. The Labute approximate surface area is 94.5 Å². The maximum Gasteiger partial charge on any atom is 0.0693 e. The Balaban J connectivity index is 2.26. The van der Waals surface area contributed by atoms with Crippen LogP contribution in [0.3, 0.4) is 0 Å². The first kappa shape index (κ1) is 13.0. The maximum atomic E-state index is 9.85. The average molecular weight is 213 g/mol. The monoisotopic (exact) mass is 213 g/mol. The maximum absolute atomic E-state index is 9.85. The van der Waals surface area contributed by atoms with Crippen LogP contribution >= 0.6 is 0 Å². The third-order valence-electron chi connectivity index (χ3n) is 3.68. The standard InChI is InChI=1S/C13H27NO/c1-4-10(2)9-11(3)14-12-7-5-6-8-13(12)15/h10-15H,4-9H2,1-3H3/t10?,11?,12-,13-/m0/s1. The topological polar surface area (TPSA) is 32.3 Å². The lowest BCUT2D eigenvalue weighted by atomic mass is 9.91. The van der Waals surface area contributed by atoms with E-state index in [2.05, 4.69) is 26.1 Å². The molecule has 1 rings (SSSR count). The predicted molar refractivity (Wildman–Crippen MR) is 64.9 cm³/mol. The van der Waals surface area contributed by atoms with Crippen LogP contribution in [0.15, 0.2) is 0 Å². The van der Waals surface area contributed by atoms with Crippen molar-refractivity contribution in [1.29, 1.82) is 0 Å². The molecule has 0 bridgehead atoms. The average Bonchev–Trinajstić information content (AvgIpc) is 2.21. The van der Waals surface area contributed by atoms with E-state index in [4.69, 9.17) is 0 Å². The second kappa shape index (κ2) is 6.49. The van der Waals surface area contributed by atoms with Gasteiger partial charge < -0.3 is 10.4 Å². The fraction of sp³-hybridized carbons (Fsp3) is 1.00. The minimum Gasteiger partial charge on any atom is -0.392 e. The van der Waals surface area contributed by atoms with E-state index >= 15 is 0 Å². The van der Waals surface area contributed by atoms with E-state index in [9.17, 15) is 5.11 Å². The summed E-state index contributed by atoms with van der Waals surface area (Å²) in [6, 6.07) is 0.885. The molecule has 0 heterocycles. The Kier molecular flexibility index (Phi) is 5.62. The Hall–Kier alpha value is -0.0800. The molecule has 0 aromatic rings. The van der Waals surface area contributed by atoms with Crippen molar-refractivity contribution < 1.29 is 5.11 Å². The molecule has 0 aromatic carbocycles. The van der Waals surface area contributed by atoms with Gasteiger partial charge in [0.25, 0.3) is 0 Å². The highest BCUT2D eigenvalue weighted by Gasteiger charge is 2.24. The van der Waals surface area contributed by atoms with Crippen LogP contribution in [0.5, 0.6) is 0 Å². The van der Waals surface area contributed by atoms with Gasteiger partial charge in [-0.05, 0) is 32.1 Å². The Bertz CT molecular complexity index is 172. The van der Waals surface area contributed by atoms with Gasteiger partial charge in [-0.1, -0.05) is 33.1 Å². The molecule has 90 valence electrons. The van der Waals surface area contributed by atoms with Crippen molar-refractivity contribution in [2.75, 3.05) is 0 Å². The van der Waals surface area contributed by atoms with E-state index in [1.54, 1.807) is 0 Å². The summed E-state index contributed by atoms with van der Waals surface area (Å²) in [5.74, 6) is 0.785. The molecule has 2 nitrogen and oxygen atoms in total. The van der Waals surface area contributed by atoms with E-state index in [1.165, 1.54) is 25.7 Å². The Morgan fingerprint density at radius 3 is 2.53 bits per heavy atom. The minimum absolute atomic E-state index is 0.113. The molecule has 0 radical (unpaired) electrons. The van der Waals surface area contributed by atoms with Crippen LogP contribution in [0.4, 0.5) is 0 Å². The number of hydrogen-bond acceptors (Lipinski definition) is 2. The molecule has 1 aliphatic rings. The van der Waals surface area contributed by atoms with Crippen molar-refractivity contribution in [1.82, 2.24) is 5.32 Å². The summed E-state index contributed by atoms with van der Waals surface area (Å²) in [5, 5.41) is 13.4. The van der Waals surface area contributed by atoms with Gasteiger partial charge in [0.2, 0.25) is 0 Å². The van der Waals surface area contributed by atoms with Crippen molar-refractivity contribution >= 4 is 0 Å². The van der Waals surface area contributed by atoms with Gasteiger partial charge in [-0.15, -0.1) is 0 Å². The fourth-order valence-electron chi connectivity index (χ4n) is 2.51. The van der Waals surface area contributed by atoms with Crippen molar-refractivity contribution in [3.63, 3.8) is 0 Å². The van der Waals surface area contributed by atoms with Gasteiger partial charge in [0.15, 0.2) is 0 Å². The van der Waals surface area contributed by atoms with E-state index in [0.29, 0.717) is 12.1 Å². The van der Waals surface area contributed by atoms with Crippen molar-refractivity contribution in [2.24, 2.45) is 5.92 Å². The van der Waals surface area contributed by atoms with E-state index in [0.717, 1.165) is 18.8 Å². The summed E-state index contributed by atoms with van der Waals surface area (Å²) in [5.41, 5.74) is 0. The lowest BCUT2D eigenvalue weighted by Gasteiger charge is -2.31. The largest absolute Gasteiger partial charge is 0.392 e. The summed E-state index contributed by atoms with van der Waals surface area (Å²) >= 11 is 0. The van der Waals surface area contributed by atoms with Crippen LogP contribution in [-0.2, 0) is 0 Å². The number of aliphatic hydroxyl groups is 1. The Morgan fingerprint density at radius 1 is 1.27 bits per heavy atom. The van der Waals surface area contributed by atoms with Gasteiger partial charge in [0.05, 0.1) is 6.10 Å². The van der Waals surface area contributed by atoms with Crippen molar-refractivity contribution in [2.45, 2.75) is 77.5 Å². The summed E-state index contributed by atoms with van der Waals surface area (Å²) < 4.78 is 0. The lowest BCUT2D eigenvalue weighted by molar-refractivity contribution is 0.0842. The van der Waals surface area contributed by atoms with Crippen LogP contribution in [0.1, 0.15) is 59.3 Å². The molecule has 1 aliphatic carbocycles. The molecule has 0 aliphatic heterocycles. The van der Waals surface area contributed by atoms with Crippen molar-refractivity contribution in [3.05, 3.63) is 0 Å². The van der Waals surface area contributed by atoms with E-state index in [1.807, 2.05) is 0 Å². The third-order valence-corrected chi connectivity index (χ3v) is 3.68. The predicted octanol–water partition coefficient (Wildman–Crippen LogP) is 2.70. The van der Waals surface area contributed by atoms with Gasteiger partial charge >= 0.3 is 0 Å². The second-order valence-electron chi connectivity index (χ2n) is 5.28. The first-order valence-corrected chi connectivity index (χ1v) is 6.57. The Morgan fingerprint density at radius 2 is 1.93 bits per heavy atom. The first-order chi connectivity index (χ1) is 7.13. The van der Waals surface area contributed by atoms with Gasteiger partial charge in [-0.25, -0.2) is 0 Å². The highest BCUT2D eigenvalue weighted by atomic mass is 16.3. The number of aliphatic hydroxyl groups excluding tert-OH is 1. The molecular weight excluding hydrogens is 186 g/mol. The summed E-state index contributed by atoms with van der Waals surface area (Å²) in [7, 11) is 0. The highest BCUT2D eigenvalue weighted by Crippen LogP contribution is 2.20. The molecule has 0 aromatic heterocycles. The van der Waals surface area contributed by atoms with Crippen molar-refractivity contribution in [3.8, 4) is 0 Å². The molecule has 4 atom stereocenters. The zero-order valence-electron chi connectivity index (χ0n) is 10.5. The van der Waals surface area contributed by atoms with Crippen LogP contribution in [0.25, 0.3) is 0 Å². The van der Waals surface area contributed by atoms with Gasteiger partial charge in [-0.2, -0.15) is 0 Å². The summed E-state index contributed by atoms with van der Waals surface area (Å²) in [4.78, 5) is 0. The molecule has 0 saturated heterocycles. The zero-order valence-corrected chi connectivity index (χ0v) is 10.5. The van der Waals surface area contributed by atoms with Crippen LogP contribution < -0.4 is 5.32 Å². The minimum atomic E-state index is -0.113. The number of rotatable bonds is 5. The quantitative estimate of drug-likeness (QED) is 0.736. The zero-order chi connectivity index (χ0) is 11.3. The molecule has 1 saturated carbocycles. The third kappa shape index (κ3) is 4.52. The SMILES string of the molecule is CCC(C)CC(C)N[C@H]1CCCC[C@@H]1O. The van der Waals surface area contributed by atoms with Gasteiger partial charge in [-0.3, -0.25) is 0 Å². The normalized spacial score (nSPS) is 31.2. The summed E-state index contributed by atoms with van der Waals surface area (Å²) in [6.07, 6.45) is 6.95. The van der Waals surface area contributed by atoms with Gasteiger partial charge in [0, 0.05) is 12.1 Å². The van der Waals surface area contributed by atoms with Gasteiger partial charge in [0.1, 0.15) is 0 Å². The first-order valence-electron chi connectivity index (χ1n) is 6.57. The molecule has 0 spiro atoms. The van der Waals surface area contributed by atoms with Crippen LogP contribution in [0, 0.1) is 5.92 Å². The molecule has 15 heavy (non-hydrogen) atoms. The number of hydrogen-bond donors (Lipinski definition) is 2. The lowest BCUT2D eigenvalue weighted by Crippen LogP contribution is -2.46. The molecule has 2 unspecified atom stereocenters. The van der Waals surface area contributed by atoms with Crippen LogP contribution in [-0.4, -0.2) is 23.3 Å².